The fourth-order valence-corrected chi connectivity index (χ4v) is 3.33. The number of aromatic nitrogens is 1. The van der Waals surface area contributed by atoms with Gasteiger partial charge in [-0.3, -0.25) is 0 Å². The van der Waals surface area contributed by atoms with Crippen LogP contribution < -0.4 is 24.8 Å². The van der Waals surface area contributed by atoms with Gasteiger partial charge in [0.05, 0.1) is 0 Å². The van der Waals surface area contributed by atoms with E-state index in [1.54, 1.807) is 12.1 Å². The first-order valence-electron chi connectivity index (χ1n) is 11.2. The molecule has 35 heavy (non-hydrogen) atoms. The van der Waals surface area contributed by atoms with Gasteiger partial charge in [-0.1, -0.05) is 76.9 Å². The summed E-state index contributed by atoms with van der Waals surface area (Å²) in [6, 6.07) is 15.5. The van der Waals surface area contributed by atoms with Crippen molar-refractivity contribution in [2.75, 3.05) is 0 Å². The van der Waals surface area contributed by atoms with Crippen LogP contribution in [0.4, 0.5) is 0 Å². The molecular weight excluding hydrogens is 513 g/mol. The minimum absolute atomic E-state index is 0. The Morgan fingerprint density at radius 1 is 0.657 bits per heavy atom. The molecule has 0 fully saturated rings. The Morgan fingerprint density at radius 2 is 1.03 bits per heavy atom. The quantitative estimate of drug-likeness (QED) is 0.445. The van der Waals surface area contributed by atoms with Crippen molar-refractivity contribution in [2.24, 2.45) is 0 Å². The van der Waals surface area contributed by atoms with Crippen molar-refractivity contribution in [3.8, 4) is 11.5 Å². The van der Waals surface area contributed by atoms with E-state index in [9.17, 15) is 10.2 Å². The molecule has 0 unspecified atom stereocenters. The Hall–Kier alpha value is -1.65. The topological polar surface area (TPSA) is 53.4 Å². The van der Waals surface area contributed by atoms with Crippen LogP contribution in [0.15, 0.2) is 54.7 Å². The van der Waals surface area contributed by atoms with Gasteiger partial charge in [-0.05, 0) is 47.9 Å². The molecular formula is C29H39Cl2NO2Ti-2. The van der Waals surface area contributed by atoms with Gasteiger partial charge in [-0.15, -0.1) is 0 Å². The molecule has 0 aliphatic carbocycles. The third-order valence-electron chi connectivity index (χ3n) is 5.00. The maximum atomic E-state index is 9.57. The SMILES string of the molecule is Cc1ccc(O)c(C(C)(C)C)c1.Cc1ccc(O)c(C(C)(C)C)c1.Cc1ccc([CH]=[Ti])nc1.[Cl-].[Cl-]. The second kappa shape index (κ2) is 15.5. The number of rotatable bonds is 1. The summed E-state index contributed by atoms with van der Waals surface area (Å²) in [6.45, 7) is 18.7. The number of benzene rings is 2. The van der Waals surface area contributed by atoms with Gasteiger partial charge >= 0.3 is 65.8 Å². The first-order valence-corrected chi connectivity index (χ1v) is 12.1. The normalized spacial score (nSPS) is 10.3. The summed E-state index contributed by atoms with van der Waals surface area (Å²) >= 11 is 1.98. The summed E-state index contributed by atoms with van der Waals surface area (Å²) in [5, 5.41) is 19.1. The number of hydrogen-bond donors (Lipinski definition) is 2. The van der Waals surface area contributed by atoms with E-state index in [4.69, 9.17) is 0 Å². The van der Waals surface area contributed by atoms with Crippen molar-refractivity contribution in [1.29, 1.82) is 0 Å². The molecule has 0 spiro atoms. The molecule has 0 radical (unpaired) electrons. The molecule has 0 bridgehead atoms. The van der Waals surface area contributed by atoms with Crippen LogP contribution >= 0.6 is 0 Å². The minimum Gasteiger partial charge on any atom is -1.00 e. The summed E-state index contributed by atoms with van der Waals surface area (Å²) in [6.07, 6.45) is 1.87. The van der Waals surface area contributed by atoms with Crippen molar-refractivity contribution in [3.05, 3.63) is 88.2 Å². The van der Waals surface area contributed by atoms with Gasteiger partial charge in [0, 0.05) is 0 Å². The zero-order valence-electron chi connectivity index (χ0n) is 22.4. The molecule has 0 saturated heterocycles. The average molecular weight is 552 g/mol. The predicted molar refractivity (Wildman–Crippen MR) is 137 cm³/mol. The van der Waals surface area contributed by atoms with Crippen molar-refractivity contribution in [2.45, 2.75) is 73.1 Å². The molecule has 3 rings (SSSR count). The molecule has 3 aromatic rings. The molecule has 3 nitrogen and oxygen atoms in total. The Morgan fingerprint density at radius 3 is 1.29 bits per heavy atom. The number of phenols is 2. The van der Waals surface area contributed by atoms with Gasteiger partial charge in [0.15, 0.2) is 0 Å². The first kappa shape index (κ1) is 35.5. The van der Waals surface area contributed by atoms with E-state index >= 15 is 0 Å². The minimum atomic E-state index is 0. The van der Waals surface area contributed by atoms with E-state index in [0.29, 0.717) is 11.5 Å². The summed E-state index contributed by atoms with van der Waals surface area (Å²) in [4.78, 5) is 4.14. The molecule has 0 aliphatic rings. The fraction of sp³-hybridized carbons (Fsp3) is 0.379. The third-order valence-corrected chi connectivity index (χ3v) is 5.46. The number of phenolic OH excluding ortho intramolecular Hbond substituents is 2. The second-order valence-corrected chi connectivity index (χ2v) is 10.9. The zero-order chi connectivity index (χ0) is 25.4. The van der Waals surface area contributed by atoms with Crippen LogP contribution in [-0.4, -0.2) is 19.5 Å². The van der Waals surface area contributed by atoms with Gasteiger partial charge in [-0.2, -0.15) is 0 Å². The van der Waals surface area contributed by atoms with E-state index in [1.807, 2.05) is 81.6 Å². The number of nitrogens with zero attached hydrogens (tertiary/aromatic N) is 1. The molecule has 6 heteroatoms. The van der Waals surface area contributed by atoms with Gasteiger partial charge in [0.1, 0.15) is 11.5 Å². The molecule has 0 amide bonds. The molecule has 1 heterocycles. The van der Waals surface area contributed by atoms with Crippen LogP contribution in [0.2, 0.25) is 0 Å². The van der Waals surface area contributed by atoms with E-state index < -0.39 is 0 Å². The molecule has 2 aromatic carbocycles. The van der Waals surface area contributed by atoms with Gasteiger partial charge < -0.3 is 35.0 Å². The van der Waals surface area contributed by atoms with Crippen LogP contribution in [0.25, 0.3) is 0 Å². The maximum absolute atomic E-state index is 9.57. The van der Waals surface area contributed by atoms with Crippen LogP contribution in [-0.2, 0) is 30.8 Å². The summed E-state index contributed by atoms with van der Waals surface area (Å²) < 4.78 is 1.99. The van der Waals surface area contributed by atoms with Crippen LogP contribution in [0.5, 0.6) is 11.5 Å². The first-order chi connectivity index (χ1) is 15.1. The molecule has 0 saturated carbocycles. The van der Waals surface area contributed by atoms with Crippen LogP contribution in [0.1, 0.15) is 75.1 Å². The largest absolute Gasteiger partial charge is 1.00 e. The molecule has 0 atom stereocenters. The van der Waals surface area contributed by atoms with E-state index in [1.165, 1.54) is 16.7 Å². The fourth-order valence-electron chi connectivity index (χ4n) is 3.07. The van der Waals surface area contributed by atoms with Gasteiger partial charge in [0.25, 0.3) is 0 Å². The third kappa shape index (κ3) is 12.7. The Labute approximate surface area is 236 Å². The monoisotopic (exact) mass is 551 g/mol. The van der Waals surface area contributed by atoms with Gasteiger partial charge in [0.2, 0.25) is 0 Å². The number of aromatic hydroxyl groups is 2. The number of hydrogen-bond acceptors (Lipinski definition) is 3. The van der Waals surface area contributed by atoms with Gasteiger partial charge in [-0.25, -0.2) is 0 Å². The molecule has 1 aromatic heterocycles. The molecule has 192 valence electrons. The van der Waals surface area contributed by atoms with Crippen molar-refractivity contribution in [1.82, 2.24) is 4.98 Å². The zero-order valence-corrected chi connectivity index (χ0v) is 25.4. The van der Waals surface area contributed by atoms with Crippen molar-refractivity contribution < 1.29 is 55.0 Å². The number of halogens is 2. The average Bonchev–Trinajstić information content (AvgIpc) is 2.71. The summed E-state index contributed by atoms with van der Waals surface area (Å²) in [7, 11) is 0. The smallest absolute Gasteiger partial charge is 1.00 e. The number of pyridine rings is 1. The Balaban J connectivity index is 0. The van der Waals surface area contributed by atoms with E-state index in [2.05, 4.69) is 52.6 Å². The van der Waals surface area contributed by atoms with E-state index in [-0.39, 0.29) is 35.6 Å². The maximum Gasteiger partial charge on any atom is -1.00 e. The van der Waals surface area contributed by atoms with Crippen molar-refractivity contribution >= 4 is 4.31 Å². The molecule has 2 N–H and O–H groups in total. The predicted octanol–water partition coefficient (Wildman–Crippen LogP) is 1.09. The standard InChI is InChI=1S/2C11H16O.C7H7N.2ClH.Ti/c2*1-8-5-6-10(12)9(7-8)11(2,3)4;1-6-3-4-7(2)8-5-6;;;/h2*5-7,12H,1-4H3;2-5H,1H3;2*1H;/p-2. The Kier molecular flexibility index (Phi) is 15.7. The Bertz CT molecular complexity index is 992. The van der Waals surface area contributed by atoms with Crippen LogP contribution in [0.3, 0.4) is 0 Å². The van der Waals surface area contributed by atoms with Crippen LogP contribution in [0, 0.1) is 20.8 Å². The number of aryl methyl sites for hydroxylation is 3. The van der Waals surface area contributed by atoms with Crippen molar-refractivity contribution in [3.63, 3.8) is 0 Å². The molecule has 0 aliphatic heterocycles. The summed E-state index contributed by atoms with van der Waals surface area (Å²) in [5.41, 5.74) is 6.72. The van der Waals surface area contributed by atoms with E-state index in [0.717, 1.165) is 16.8 Å². The second-order valence-electron chi connectivity index (χ2n) is 10.4. The summed E-state index contributed by atoms with van der Waals surface area (Å²) in [5.74, 6) is 0.793.